The molecular formula is C13H16ClN3O. The number of hydrogen-bond donors (Lipinski definition) is 1. The minimum Gasteiger partial charge on any atom is -0.338 e. The lowest BCUT2D eigenvalue weighted by Gasteiger charge is -2.17. The van der Waals surface area contributed by atoms with Crippen molar-refractivity contribution in [2.24, 2.45) is 0 Å². The van der Waals surface area contributed by atoms with E-state index in [4.69, 9.17) is 16.1 Å². The van der Waals surface area contributed by atoms with Crippen molar-refractivity contribution in [1.29, 1.82) is 0 Å². The third-order valence-corrected chi connectivity index (χ3v) is 3.04. The topological polar surface area (TPSA) is 51.0 Å². The Labute approximate surface area is 111 Å². The zero-order valence-corrected chi connectivity index (χ0v) is 11.4. The lowest BCUT2D eigenvalue weighted by Crippen LogP contribution is -2.22. The highest BCUT2D eigenvalue weighted by atomic mass is 35.5. The number of nitrogens with zero attached hydrogens (tertiary/aromatic N) is 2. The molecule has 2 atom stereocenters. The summed E-state index contributed by atoms with van der Waals surface area (Å²) in [6.45, 7) is 5.89. The molecule has 0 radical (unpaired) electrons. The van der Waals surface area contributed by atoms with Gasteiger partial charge in [-0.25, -0.2) is 0 Å². The van der Waals surface area contributed by atoms with Gasteiger partial charge in [0.1, 0.15) is 0 Å². The van der Waals surface area contributed by atoms with Gasteiger partial charge in [0.25, 0.3) is 0 Å². The standard InChI is InChI=1S/C13H16ClN3O/c1-8(11-4-6-12(14)7-5-11)15-9(2)13-16-10(3)17-18-13/h4-9,15H,1-3H3. The van der Waals surface area contributed by atoms with Crippen LogP contribution in [-0.4, -0.2) is 10.1 Å². The highest BCUT2D eigenvalue weighted by molar-refractivity contribution is 6.30. The van der Waals surface area contributed by atoms with Gasteiger partial charge in [0.15, 0.2) is 5.82 Å². The van der Waals surface area contributed by atoms with Crippen molar-refractivity contribution in [2.75, 3.05) is 0 Å². The molecule has 1 aromatic carbocycles. The largest absolute Gasteiger partial charge is 0.338 e. The zero-order chi connectivity index (χ0) is 13.1. The van der Waals surface area contributed by atoms with Gasteiger partial charge in [-0.15, -0.1) is 0 Å². The third kappa shape index (κ3) is 3.09. The van der Waals surface area contributed by atoms with Crippen molar-refractivity contribution >= 4 is 11.6 Å². The molecule has 2 rings (SSSR count). The molecule has 0 fully saturated rings. The molecule has 96 valence electrons. The maximum atomic E-state index is 5.87. The molecule has 1 N–H and O–H groups in total. The van der Waals surface area contributed by atoms with Crippen LogP contribution in [0.4, 0.5) is 0 Å². The molecule has 0 saturated heterocycles. The van der Waals surface area contributed by atoms with Gasteiger partial charge in [-0.05, 0) is 38.5 Å². The van der Waals surface area contributed by atoms with Gasteiger partial charge in [0.2, 0.25) is 5.89 Å². The number of aryl methyl sites for hydroxylation is 1. The van der Waals surface area contributed by atoms with Crippen LogP contribution in [0.1, 0.15) is 43.2 Å². The molecule has 2 aromatic rings. The first kappa shape index (κ1) is 13.1. The van der Waals surface area contributed by atoms with Gasteiger partial charge in [-0.1, -0.05) is 28.9 Å². The van der Waals surface area contributed by atoms with Crippen LogP contribution in [-0.2, 0) is 0 Å². The molecule has 0 aliphatic rings. The smallest absolute Gasteiger partial charge is 0.243 e. The molecule has 1 heterocycles. The fourth-order valence-corrected chi connectivity index (χ4v) is 1.91. The average Bonchev–Trinajstić information content (AvgIpc) is 2.76. The molecule has 0 saturated carbocycles. The second kappa shape index (κ2) is 5.50. The summed E-state index contributed by atoms with van der Waals surface area (Å²) in [7, 11) is 0. The molecule has 0 aliphatic carbocycles. The highest BCUT2D eigenvalue weighted by Gasteiger charge is 2.16. The van der Waals surface area contributed by atoms with E-state index in [0.29, 0.717) is 11.7 Å². The lowest BCUT2D eigenvalue weighted by atomic mass is 10.1. The minimum absolute atomic E-state index is 0.0110. The summed E-state index contributed by atoms with van der Waals surface area (Å²) in [5, 5.41) is 7.93. The van der Waals surface area contributed by atoms with Crippen LogP contribution >= 0.6 is 11.6 Å². The summed E-state index contributed by atoms with van der Waals surface area (Å²) in [4.78, 5) is 4.21. The molecular weight excluding hydrogens is 250 g/mol. The van der Waals surface area contributed by atoms with Gasteiger partial charge in [0, 0.05) is 11.1 Å². The molecule has 0 aliphatic heterocycles. The van der Waals surface area contributed by atoms with Gasteiger partial charge < -0.3 is 4.52 Å². The van der Waals surface area contributed by atoms with Crippen molar-refractivity contribution in [3.8, 4) is 0 Å². The van der Waals surface area contributed by atoms with Crippen molar-refractivity contribution in [3.05, 3.63) is 46.6 Å². The first-order valence-electron chi connectivity index (χ1n) is 5.88. The lowest BCUT2D eigenvalue weighted by molar-refractivity contribution is 0.326. The second-order valence-corrected chi connectivity index (χ2v) is 4.78. The Morgan fingerprint density at radius 3 is 2.39 bits per heavy atom. The van der Waals surface area contributed by atoms with Crippen LogP contribution in [0.25, 0.3) is 0 Å². The Balaban J connectivity index is 2.02. The van der Waals surface area contributed by atoms with Crippen LogP contribution in [0.3, 0.4) is 0 Å². The monoisotopic (exact) mass is 265 g/mol. The van der Waals surface area contributed by atoms with Crippen molar-refractivity contribution in [2.45, 2.75) is 32.9 Å². The summed E-state index contributed by atoms with van der Waals surface area (Å²) >= 11 is 5.87. The van der Waals surface area contributed by atoms with E-state index < -0.39 is 0 Å². The van der Waals surface area contributed by atoms with Crippen molar-refractivity contribution in [1.82, 2.24) is 15.5 Å². The van der Waals surface area contributed by atoms with E-state index >= 15 is 0 Å². The van der Waals surface area contributed by atoms with Crippen molar-refractivity contribution < 1.29 is 4.52 Å². The quantitative estimate of drug-likeness (QED) is 0.920. The first-order chi connectivity index (χ1) is 8.56. The van der Waals surface area contributed by atoms with Gasteiger partial charge in [-0.3, -0.25) is 5.32 Å². The SMILES string of the molecule is Cc1noc(C(C)NC(C)c2ccc(Cl)cc2)n1. The van der Waals surface area contributed by atoms with Crippen LogP contribution in [0, 0.1) is 6.92 Å². The summed E-state index contributed by atoms with van der Waals surface area (Å²) in [5.74, 6) is 1.26. The van der Waals surface area contributed by atoms with Gasteiger partial charge in [-0.2, -0.15) is 4.98 Å². The maximum Gasteiger partial charge on any atom is 0.243 e. The summed E-state index contributed by atoms with van der Waals surface area (Å²) in [6, 6.07) is 7.98. The first-order valence-corrected chi connectivity index (χ1v) is 6.26. The predicted octanol–water partition coefficient (Wildman–Crippen LogP) is 3.44. The van der Waals surface area contributed by atoms with Crippen LogP contribution < -0.4 is 5.32 Å². The molecule has 5 heteroatoms. The van der Waals surface area contributed by atoms with E-state index in [-0.39, 0.29) is 12.1 Å². The fraction of sp³-hybridized carbons (Fsp3) is 0.385. The van der Waals surface area contributed by atoms with Crippen molar-refractivity contribution in [3.63, 3.8) is 0 Å². The molecule has 1 aromatic heterocycles. The van der Waals surface area contributed by atoms with E-state index in [0.717, 1.165) is 5.02 Å². The van der Waals surface area contributed by atoms with Gasteiger partial charge in [0.05, 0.1) is 6.04 Å². The Bertz CT molecular complexity index is 509. The summed E-state index contributed by atoms with van der Waals surface area (Å²) < 4.78 is 5.14. The van der Waals surface area contributed by atoms with E-state index in [1.165, 1.54) is 5.56 Å². The highest BCUT2D eigenvalue weighted by Crippen LogP contribution is 2.20. The predicted molar refractivity (Wildman–Crippen MR) is 70.5 cm³/mol. The molecule has 0 spiro atoms. The Kier molecular flexibility index (Phi) is 3.99. The summed E-state index contributed by atoms with van der Waals surface area (Å²) in [6.07, 6.45) is 0. The van der Waals surface area contributed by atoms with Gasteiger partial charge >= 0.3 is 0 Å². The fourth-order valence-electron chi connectivity index (χ4n) is 1.78. The van der Waals surface area contributed by atoms with Crippen LogP contribution in [0.15, 0.2) is 28.8 Å². The van der Waals surface area contributed by atoms with E-state index in [1.807, 2.05) is 38.1 Å². The number of hydrogen-bond acceptors (Lipinski definition) is 4. The average molecular weight is 266 g/mol. The van der Waals surface area contributed by atoms with E-state index in [1.54, 1.807) is 0 Å². The molecule has 0 bridgehead atoms. The number of rotatable bonds is 4. The number of aromatic nitrogens is 2. The third-order valence-electron chi connectivity index (χ3n) is 2.78. The van der Waals surface area contributed by atoms with E-state index in [9.17, 15) is 0 Å². The number of benzene rings is 1. The Morgan fingerprint density at radius 1 is 1.17 bits per heavy atom. The molecule has 0 amide bonds. The number of halogens is 1. The number of nitrogens with one attached hydrogen (secondary N) is 1. The summed E-state index contributed by atoms with van der Waals surface area (Å²) in [5.41, 5.74) is 1.17. The zero-order valence-electron chi connectivity index (χ0n) is 10.6. The Morgan fingerprint density at radius 2 is 1.83 bits per heavy atom. The second-order valence-electron chi connectivity index (χ2n) is 4.34. The minimum atomic E-state index is 0.0110. The maximum absolute atomic E-state index is 5.87. The van der Waals surface area contributed by atoms with E-state index in [2.05, 4.69) is 22.4 Å². The molecule has 4 nitrogen and oxygen atoms in total. The van der Waals surface area contributed by atoms with Crippen LogP contribution in [0.5, 0.6) is 0 Å². The molecule has 2 unspecified atom stereocenters. The Hall–Kier alpha value is -1.39. The van der Waals surface area contributed by atoms with Crippen LogP contribution in [0.2, 0.25) is 5.02 Å². The normalized spacial score (nSPS) is 14.4. The molecule has 18 heavy (non-hydrogen) atoms.